The van der Waals surface area contributed by atoms with Crippen molar-refractivity contribution >= 4 is 33.8 Å². The summed E-state index contributed by atoms with van der Waals surface area (Å²) in [5.74, 6) is 0.159. The van der Waals surface area contributed by atoms with Gasteiger partial charge in [0.2, 0.25) is 10.0 Å². The predicted octanol–water partition coefficient (Wildman–Crippen LogP) is 1.63. The topological polar surface area (TPSA) is 58.2 Å². The molecule has 0 aliphatic rings. The van der Waals surface area contributed by atoms with Crippen molar-refractivity contribution in [2.75, 3.05) is 18.8 Å². The average Bonchev–Trinajstić information content (AvgIpc) is 2.77. The third kappa shape index (κ3) is 7.33. The summed E-state index contributed by atoms with van der Waals surface area (Å²) in [6, 6.07) is 4.06. The fourth-order valence-electron chi connectivity index (χ4n) is 1.43. The molecule has 0 bridgehead atoms. The molecule has 18 heavy (non-hydrogen) atoms. The van der Waals surface area contributed by atoms with Crippen LogP contribution in [-0.4, -0.2) is 33.3 Å². The molecule has 0 aliphatic carbocycles. The lowest BCUT2D eigenvalue weighted by Gasteiger charge is -2.13. The minimum absolute atomic E-state index is 0. The summed E-state index contributed by atoms with van der Waals surface area (Å²) in [5, 5.41) is 5.12. The molecule has 7 heteroatoms. The maximum absolute atomic E-state index is 11.7. The molecule has 0 radical (unpaired) electrons. The highest BCUT2D eigenvalue weighted by atomic mass is 35.5. The van der Waals surface area contributed by atoms with E-state index in [1.165, 1.54) is 0 Å². The first-order chi connectivity index (χ1) is 8.03. The largest absolute Gasteiger partial charge is 0.313 e. The molecule has 1 rings (SSSR count). The van der Waals surface area contributed by atoms with Crippen molar-refractivity contribution in [2.45, 2.75) is 26.3 Å². The Hall–Kier alpha value is -0.140. The van der Waals surface area contributed by atoms with E-state index in [1.54, 1.807) is 11.3 Å². The number of rotatable bonds is 8. The molecule has 0 spiro atoms. The fraction of sp³-hybridized carbons (Fsp3) is 0.636. The van der Waals surface area contributed by atoms with Gasteiger partial charge in [0, 0.05) is 17.5 Å². The predicted molar refractivity (Wildman–Crippen MR) is 80.2 cm³/mol. The van der Waals surface area contributed by atoms with Gasteiger partial charge < -0.3 is 5.32 Å². The Balaban J connectivity index is 0.00000289. The zero-order chi connectivity index (χ0) is 12.7. The summed E-state index contributed by atoms with van der Waals surface area (Å²) >= 11 is 1.59. The molecule has 1 atom stereocenters. The molecule has 0 amide bonds. The van der Waals surface area contributed by atoms with E-state index in [-0.39, 0.29) is 24.2 Å². The molecule has 1 aromatic rings. The third-order valence-electron chi connectivity index (χ3n) is 2.36. The lowest BCUT2D eigenvalue weighted by Crippen LogP contribution is -2.39. The van der Waals surface area contributed by atoms with Gasteiger partial charge in [0.25, 0.3) is 0 Å². The van der Waals surface area contributed by atoms with Gasteiger partial charge in [-0.25, -0.2) is 13.1 Å². The van der Waals surface area contributed by atoms with Crippen molar-refractivity contribution < 1.29 is 8.42 Å². The molecule has 4 nitrogen and oxygen atoms in total. The molecule has 0 saturated heterocycles. The van der Waals surface area contributed by atoms with Gasteiger partial charge in [-0.05, 0) is 31.3 Å². The van der Waals surface area contributed by atoms with Crippen molar-refractivity contribution in [3.05, 3.63) is 22.4 Å². The summed E-state index contributed by atoms with van der Waals surface area (Å²) in [6.45, 7) is 5.26. The highest BCUT2D eigenvalue weighted by molar-refractivity contribution is 7.89. The van der Waals surface area contributed by atoms with E-state index in [2.05, 4.69) is 10.0 Å². The van der Waals surface area contributed by atoms with Crippen molar-refractivity contribution in [3.8, 4) is 0 Å². The van der Waals surface area contributed by atoms with E-state index in [1.807, 2.05) is 31.4 Å². The first-order valence-electron chi connectivity index (χ1n) is 5.76. The second-order valence-electron chi connectivity index (χ2n) is 3.96. The zero-order valence-corrected chi connectivity index (χ0v) is 13.1. The molecule has 1 heterocycles. The van der Waals surface area contributed by atoms with Gasteiger partial charge in [-0.2, -0.15) is 0 Å². The maximum atomic E-state index is 11.7. The molecule has 0 aromatic carbocycles. The van der Waals surface area contributed by atoms with Crippen LogP contribution in [0.5, 0.6) is 0 Å². The second-order valence-corrected chi connectivity index (χ2v) is 6.91. The molecule has 0 saturated carbocycles. The highest BCUT2D eigenvalue weighted by Gasteiger charge is 2.11. The van der Waals surface area contributed by atoms with Gasteiger partial charge in [-0.1, -0.05) is 13.0 Å². The number of nitrogens with one attached hydrogen (secondary N) is 2. The summed E-state index contributed by atoms with van der Waals surface area (Å²) in [6.07, 6.45) is 0.586. The number of aryl methyl sites for hydroxylation is 1. The average molecular weight is 313 g/mol. The Morgan fingerprint density at radius 1 is 1.44 bits per heavy atom. The Labute approximate surface area is 120 Å². The highest BCUT2D eigenvalue weighted by Crippen LogP contribution is 2.09. The molecule has 2 N–H and O–H groups in total. The van der Waals surface area contributed by atoms with Crippen LogP contribution in [0, 0.1) is 0 Å². The number of halogens is 1. The van der Waals surface area contributed by atoms with Crippen LogP contribution in [0.1, 0.15) is 18.7 Å². The smallest absolute Gasteiger partial charge is 0.212 e. The quantitative estimate of drug-likeness (QED) is 0.767. The second kappa shape index (κ2) is 8.87. The number of sulfonamides is 1. The normalized spacial score (nSPS) is 13.0. The number of hydrogen-bond donors (Lipinski definition) is 2. The number of thiophene rings is 1. The van der Waals surface area contributed by atoms with Crippen LogP contribution in [0.2, 0.25) is 0 Å². The van der Waals surface area contributed by atoms with Gasteiger partial charge in [-0.3, -0.25) is 0 Å². The zero-order valence-electron chi connectivity index (χ0n) is 10.7. The van der Waals surface area contributed by atoms with E-state index in [4.69, 9.17) is 0 Å². The monoisotopic (exact) mass is 312 g/mol. The van der Waals surface area contributed by atoms with Gasteiger partial charge in [-0.15, -0.1) is 23.7 Å². The van der Waals surface area contributed by atoms with E-state index >= 15 is 0 Å². The van der Waals surface area contributed by atoms with Crippen LogP contribution in [0.4, 0.5) is 0 Å². The van der Waals surface area contributed by atoms with Crippen molar-refractivity contribution in [1.29, 1.82) is 0 Å². The summed E-state index contributed by atoms with van der Waals surface area (Å²) in [5.41, 5.74) is 0. The summed E-state index contributed by atoms with van der Waals surface area (Å²) in [4.78, 5) is 1.11. The third-order valence-corrected chi connectivity index (χ3v) is 4.64. The maximum Gasteiger partial charge on any atom is 0.212 e. The molecule has 1 aromatic heterocycles. The van der Waals surface area contributed by atoms with E-state index in [0.717, 1.165) is 11.4 Å². The standard InChI is InChI=1S/C11H20N2O2S2.ClH/c1-3-12-10(2)9-13-17(14,15)8-6-11-5-4-7-16-11;/h4-5,7,10,12-13H,3,6,8-9H2,1-2H3;1H/t10-;/m1./s1. The molecule has 0 fully saturated rings. The minimum atomic E-state index is -3.15. The van der Waals surface area contributed by atoms with Crippen LogP contribution in [0.3, 0.4) is 0 Å². The first-order valence-corrected chi connectivity index (χ1v) is 8.30. The first kappa shape index (κ1) is 17.9. The minimum Gasteiger partial charge on any atom is -0.313 e. The van der Waals surface area contributed by atoms with Crippen LogP contribution in [0.25, 0.3) is 0 Å². The number of likely N-dealkylation sites (N-methyl/N-ethyl adjacent to an activating group) is 1. The Morgan fingerprint density at radius 2 is 2.17 bits per heavy atom. The van der Waals surface area contributed by atoms with Crippen LogP contribution >= 0.6 is 23.7 Å². The lowest BCUT2D eigenvalue weighted by molar-refractivity contribution is 0.536. The molecular formula is C11H21ClN2O2S2. The Morgan fingerprint density at radius 3 is 2.72 bits per heavy atom. The molecular weight excluding hydrogens is 292 g/mol. The lowest BCUT2D eigenvalue weighted by atomic mass is 10.3. The van der Waals surface area contributed by atoms with Crippen LogP contribution < -0.4 is 10.0 Å². The van der Waals surface area contributed by atoms with Gasteiger partial charge in [0.05, 0.1) is 5.75 Å². The van der Waals surface area contributed by atoms with Crippen molar-refractivity contribution in [1.82, 2.24) is 10.0 Å². The van der Waals surface area contributed by atoms with E-state index in [0.29, 0.717) is 13.0 Å². The fourth-order valence-corrected chi connectivity index (χ4v) is 3.41. The Bertz CT molecular complexity index is 407. The van der Waals surface area contributed by atoms with Crippen molar-refractivity contribution in [2.24, 2.45) is 0 Å². The Kier molecular flexibility index (Phi) is 8.81. The van der Waals surface area contributed by atoms with Crippen molar-refractivity contribution in [3.63, 3.8) is 0 Å². The molecule has 106 valence electrons. The van der Waals surface area contributed by atoms with E-state index in [9.17, 15) is 8.42 Å². The van der Waals surface area contributed by atoms with E-state index < -0.39 is 10.0 Å². The van der Waals surface area contributed by atoms with Gasteiger partial charge in [0.1, 0.15) is 0 Å². The molecule has 0 unspecified atom stereocenters. The molecule has 0 aliphatic heterocycles. The van der Waals surface area contributed by atoms with Gasteiger partial charge in [0.15, 0.2) is 0 Å². The van der Waals surface area contributed by atoms with Crippen LogP contribution in [-0.2, 0) is 16.4 Å². The van der Waals surface area contributed by atoms with Gasteiger partial charge >= 0.3 is 0 Å². The van der Waals surface area contributed by atoms with Crippen LogP contribution in [0.15, 0.2) is 17.5 Å². The summed E-state index contributed by atoms with van der Waals surface area (Å²) < 4.78 is 26.0. The number of hydrogen-bond acceptors (Lipinski definition) is 4. The summed E-state index contributed by atoms with van der Waals surface area (Å²) in [7, 11) is -3.15. The SMILES string of the molecule is CCN[C@H](C)CNS(=O)(=O)CCc1cccs1.Cl.